The smallest absolute Gasteiger partial charge is 0.328 e. The lowest BCUT2D eigenvalue weighted by Crippen LogP contribution is -2.43. The highest BCUT2D eigenvalue weighted by molar-refractivity contribution is 6.33. The third kappa shape index (κ3) is 5.29. The van der Waals surface area contributed by atoms with Crippen molar-refractivity contribution in [2.75, 3.05) is 25.1 Å². The fourth-order valence-corrected chi connectivity index (χ4v) is 2.99. The summed E-state index contributed by atoms with van der Waals surface area (Å²) in [5.41, 5.74) is 0.0786. The molecule has 25 heavy (non-hydrogen) atoms. The first-order valence-corrected chi connectivity index (χ1v) is 8.96. The number of nitrogens with zero attached hydrogens (tertiary/aromatic N) is 3. The van der Waals surface area contributed by atoms with Gasteiger partial charge in [0.15, 0.2) is 5.69 Å². The molecule has 0 saturated carbocycles. The summed E-state index contributed by atoms with van der Waals surface area (Å²) in [7, 11) is 1.30. The van der Waals surface area contributed by atoms with Crippen molar-refractivity contribution in [2.24, 2.45) is 5.92 Å². The number of ether oxygens (including phenoxy) is 1. The number of rotatable bonds is 6. The highest BCUT2D eigenvalue weighted by Crippen LogP contribution is 2.20. The molecule has 0 spiro atoms. The normalized spacial score (nSPS) is 15.8. The lowest BCUT2D eigenvalue weighted by atomic mass is 10.0. The summed E-state index contributed by atoms with van der Waals surface area (Å²) in [6.45, 7) is 5.66. The van der Waals surface area contributed by atoms with Gasteiger partial charge in [-0.3, -0.25) is 4.79 Å². The molecule has 0 radical (unpaired) electrons. The van der Waals surface area contributed by atoms with Crippen LogP contribution in [0.2, 0.25) is 5.02 Å². The molecule has 8 heteroatoms. The summed E-state index contributed by atoms with van der Waals surface area (Å²) in [6, 6.07) is -0.734. The number of nitrogens with one attached hydrogen (secondary N) is 1. The minimum absolute atomic E-state index is 0.0786. The fraction of sp³-hybridized carbons (Fsp3) is 0.647. The van der Waals surface area contributed by atoms with E-state index in [1.54, 1.807) is 0 Å². The minimum atomic E-state index is -0.734. The largest absolute Gasteiger partial charge is 0.467 e. The molecule has 1 N–H and O–H groups in total. The molecule has 1 aliphatic heterocycles. The first-order chi connectivity index (χ1) is 11.9. The van der Waals surface area contributed by atoms with E-state index >= 15 is 0 Å². The molecule has 1 atom stereocenters. The molecule has 0 bridgehead atoms. The highest BCUT2D eigenvalue weighted by atomic mass is 35.5. The van der Waals surface area contributed by atoms with Crippen molar-refractivity contribution < 1.29 is 14.3 Å². The maximum Gasteiger partial charge on any atom is 0.328 e. The zero-order chi connectivity index (χ0) is 18.4. The van der Waals surface area contributed by atoms with Gasteiger partial charge >= 0.3 is 5.97 Å². The van der Waals surface area contributed by atoms with Gasteiger partial charge < -0.3 is 15.0 Å². The van der Waals surface area contributed by atoms with Gasteiger partial charge in [0.25, 0.3) is 5.91 Å². The standard InChI is InChI=1S/C17H25ClN4O3/c1-11(2)9-13(16(24)25-3)20-15(23)14-12(18)10-19-17(21-14)22-7-5-4-6-8-22/h10-11,13H,4-9H2,1-3H3,(H,20,23)/t13-/m1/s1. The molecule has 1 aromatic rings. The van der Waals surface area contributed by atoms with Gasteiger partial charge in [-0.2, -0.15) is 0 Å². The molecular weight excluding hydrogens is 344 g/mol. The zero-order valence-corrected chi connectivity index (χ0v) is 15.7. The summed E-state index contributed by atoms with van der Waals surface area (Å²) >= 11 is 6.11. The van der Waals surface area contributed by atoms with Crippen LogP contribution in [0.4, 0.5) is 5.95 Å². The Bertz CT molecular complexity index is 618. The minimum Gasteiger partial charge on any atom is -0.467 e. The summed E-state index contributed by atoms with van der Waals surface area (Å²) in [5.74, 6) is -0.271. The molecule has 2 rings (SSSR count). The average Bonchev–Trinajstić information content (AvgIpc) is 2.61. The van der Waals surface area contributed by atoms with E-state index in [9.17, 15) is 9.59 Å². The van der Waals surface area contributed by atoms with Crippen LogP contribution in [0.1, 0.15) is 50.0 Å². The molecule has 0 aromatic carbocycles. The van der Waals surface area contributed by atoms with E-state index in [4.69, 9.17) is 16.3 Å². The summed E-state index contributed by atoms with van der Waals surface area (Å²) in [5, 5.41) is 2.84. The molecule has 0 aliphatic carbocycles. The Morgan fingerprint density at radius 2 is 2.00 bits per heavy atom. The second-order valence-corrected chi connectivity index (χ2v) is 7.00. The summed E-state index contributed by atoms with van der Waals surface area (Å²) in [6.07, 6.45) is 5.25. The zero-order valence-electron chi connectivity index (χ0n) is 14.9. The van der Waals surface area contributed by atoms with Gasteiger partial charge in [0.05, 0.1) is 18.3 Å². The Morgan fingerprint density at radius 1 is 1.32 bits per heavy atom. The molecule has 1 fully saturated rings. The number of carbonyl (C=O) groups is 2. The third-order valence-electron chi connectivity index (χ3n) is 4.08. The van der Waals surface area contributed by atoms with E-state index in [1.165, 1.54) is 19.7 Å². The number of amides is 1. The Labute approximate surface area is 153 Å². The molecule has 7 nitrogen and oxygen atoms in total. The second kappa shape index (κ2) is 8.99. The monoisotopic (exact) mass is 368 g/mol. The van der Waals surface area contributed by atoms with Gasteiger partial charge in [-0.25, -0.2) is 14.8 Å². The SMILES string of the molecule is COC(=O)[C@@H](CC(C)C)NC(=O)c1nc(N2CCCCC2)ncc1Cl. The molecule has 138 valence electrons. The van der Waals surface area contributed by atoms with Gasteiger partial charge in [-0.15, -0.1) is 0 Å². The Morgan fingerprint density at radius 3 is 2.60 bits per heavy atom. The number of esters is 1. The first kappa shape index (κ1) is 19.4. The van der Waals surface area contributed by atoms with Crippen molar-refractivity contribution in [1.82, 2.24) is 15.3 Å². The van der Waals surface area contributed by atoms with Crippen molar-refractivity contribution in [3.63, 3.8) is 0 Å². The molecular formula is C17H25ClN4O3. The van der Waals surface area contributed by atoms with E-state index < -0.39 is 17.9 Å². The van der Waals surface area contributed by atoms with Crippen LogP contribution < -0.4 is 10.2 Å². The Hall–Kier alpha value is -1.89. The van der Waals surface area contributed by atoms with Crippen molar-refractivity contribution >= 4 is 29.4 Å². The van der Waals surface area contributed by atoms with Crippen LogP contribution in [0, 0.1) is 5.92 Å². The van der Waals surface area contributed by atoms with Gasteiger partial charge in [-0.05, 0) is 31.6 Å². The topological polar surface area (TPSA) is 84.4 Å². The van der Waals surface area contributed by atoms with Crippen molar-refractivity contribution in [3.05, 3.63) is 16.9 Å². The Balaban J connectivity index is 2.17. The number of hydrogen-bond acceptors (Lipinski definition) is 6. The quantitative estimate of drug-likeness (QED) is 0.776. The van der Waals surface area contributed by atoms with Crippen LogP contribution in [-0.4, -0.2) is 48.1 Å². The third-order valence-corrected chi connectivity index (χ3v) is 4.36. The molecule has 2 heterocycles. The van der Waals surface area contributed by atoms with E-state index in [2.05, 4.69) is 15.3 Å². The van der Waals surface area contributed by atoms with Crippen molar-refractivity contribution in [3.8, 4) is 0 Å². The highest BCUT2D eigenvalue weighted by Gasteiger charge is 2.26. The number of piperidine rings is 1. The van der Waals surface area contributed by atoms with Gasteiger partial charge in [0.1, 0.15) is 6.04 Å². The molecule has 1 aliphatic rings. The number of carbonyl (C=O) groups excluding carboxylic acids is 2. The lowest BCUT2D eigenvalue weighted by Gasteiger charge is -2.27. The van der Waals surface area contributed by atoms with E-state index in [0.717, 1.165) is 25.9 Å². The number of hydrogen-bond donors (Lipinski definition) is 1. The van der Waals surface area contributed by atoms with E-state index in [-0.39, 0.29) is 16.6 Å². The predicted octanol–water partition coefficient (Wildman–Crippen LogP) is 2.44. The maximum atomic E-state index is 12.6. The van der Waals surface area contributed by atoms with Crippen LogP contribution >= 0.6 is 11.6 Å². The fourth-order valence-electron chi connectivity index (χ4n) is 2.82. The van der Waals surface area contributed by atoms with Gasteiger partial charge in [0, 0.05) is 13.1 Å². The molecule has 1 amide bonds. The van der Waals surface area contributed by atoms with E-state index in [0.29, 0.717) is 12.4 Å². The summed E-state index contributed by atoms with van der Waals surface area (Å²) < 4.78 is 4.77. The van der Waals surface area contributed by atoms with Crippen LogP contribution in [0.25, 0.3) is 0 Å². The number of halogens is 1. The van der Waals surface area contributed by atoms with Crippen LogP contribution in [0.15, 0.2) is 6.20 Å². The molecule has 1 aromatic heterocycles. The van der Waals surface area contributed by atoms with Crippen LogP contribution in [0.3, 0.4) is 0 Å². The number of aromatic nitrogens is 2. The van der Waals surface area contributed by atoms with Gasteiger partial charge in [0.2, 0.25) is 5.95 Å². The maximum absolute atomic E-state index is 12.6. The predicted molar refractivity (Wildman–Crippen MR) is 95.8 cm³/mol. The Kier molecular flexibility index (Phi) is 6.99. The average molecular weight is 369 g/mol. The molecule has 1 saturated heterocycles. The second-order valence-electron chi connectivity index (χ2n) is 6.59. The van der Waals surface area contributed by atoms with Crippen LogP contribution in [0.5, 0.6) is 0 Å². The summed E-state index contributed by atoms with van der Waals surface area (Å²) in [4.78, 5) is 35.1. The number of anilines is 1. The van der Waals surface area contributed by atoms with Crippen molar-refractivity contribution in [2.45, 2.75) is 45.6 Å². The molecule has 0 unspecified atom stereocenters. The van der Waals surface area contributed by atoms with E-state index in [1.807, 2.05) is 18.7 Å². The van der Waals surface area contributed by atoms with Crippen LogP contribution in [-0.2, 0) is 9.53 Å². The van der Waals surface area contributed by atoms with Gasteiger partial charge in [-0.1, -0.05) is 25.4 Å². The lowest BCUT2D eigenvalue weighted by molar-refractivity contribution is -0.143. The van der Waals surface area contributed by atoms with Crippen molar-refractivity contribution in [1.29, 1.82) is 0 Å². The first-order valence-electron chi connectivity index (χ1n) is 8.58. The number of methoxy groups -OCH3 is 1.